The van der Waals surface area contributed by atoms with Crippen LogP contribution < -0.4 is 11.1 Å². The molecule has 20 heavy (non-hydrogen) atoms. The van der Waals surface area contributed by atoms with Gasteiger partial charge in [0.15, 0.2) is 0 Å². The predicted molar refractivity (Wildman–Crippen MR) is 84.8 cm³/mol. The van der Waals surface area contributed by atoms with E-state index in [1.54, 1.807) is 6.07 Å². The number of nitrogens with one attached hydrogen (secondary N) is 1. The summed E-state index contributed by atoms with van der Waals surface area (Å²) in [5, 5.41) is 3.47. The zero-order chi connectivity index (χ0) is 14.8. The molecule has 0 fully saturated rings. The number of unbranched alkanes of at least 4 members (excludes halogenated alkanes) is 5. The van der Waals surface area contributed by atoms with Crippen molar-refractivity contribution in [3.63, 3.8) is 0 Å². The van der Waals surface area contributed by atoms with Crippen molar-refractivity contribution in [3.8, 4) is 0 Å². The van der Waals surface area contributed by atoms with Gasteiger partial charge in [-0.05, 0) is 43.1 Å². The van der Waals surface area contributed by atoms with Gasteiger partial charge in [0.25, 0.3) is 0 Å². The minimum Gasteiger partial charge on any atom is -0.366 e. The highest BCUT2D eigenvalue weighted by Gasteiger charge is 2.03. The van der Waals surface area contributed by atoms with Gasteiger partial charge in [-0.25, -0.2) is 0 Å². The molecule has 1 amide bonds. The lowest BCUT2D eigenvalue weighted by Gasteiger charge is -2.09. The van der Waals surface area contributed by atoms with E-state index in [1.165, 1.54) is 44.1 Å². The number of carbonyl (C=O) groups is 1. The van der Waals surface area contributed by atoms with E-state index in [-0.39, 0.29) is 5.91 Å². The molecule has 0 saturated carbocycles. The van der Waals surface area contributed by atoms with Gasteiger partial charge in [-0.3, -0.25) is 4.79 Å². The molecule has 3 heteroatoms. The van der Waals surface area contributed by atoms with Gasteiger partial charge in [-0.15, -0.1) is 0 Å². The lowest BCUT2D eigenvalue weighted by molar-refractivity contribution is 0.1000. The largest absolute Gasteiger partial charge is 0.366 e. The minimum atomic E-state index is -0.361. The fourth-order valence-corrected chi connectivity index (χ4v) is 2.30. The summed E-state index contributed by atoms with van der Waals surface area (Å²) >= 11 is 0. The smallest absolute Gasteiger partial charge is 0.248 e. The summed E-state index contributed by atoms with van der Waals surface area (Å²) in [6.07, 6.45) is 7.93. The average Bonchev–Trinajstić information content (AvgIpc) is 2.43. The summed E-state index contributed by atoms with van der Waals surface area (Å²) in [4.78, 5) is 11.1. The van der Waals surface area contributed by atoms with Gasteiger partial charge in [-0.1, -0.05) is 45.1 Å². The molecule has 0 aliphatic rings. The Morgan fingerprint density at radius 3 is 2.50 bits per heavy atom. The highest BCUT2D eigenvalue weighted by Crippen LogP contribution is 2.11. The third-order valence-corrected chi connectivity index (χ3v) is 3.65. The molecule has 112 valence electrons. The van der Waals surface area contributed by atoms with Crippen molar-refractivity contribution in [2.24, 2.45) is 5.73 Å². The third-order valence-electron chi connectivity index (χ3n) is 3.65. The van der Waals surface area contributed by atoms with Crippen LogP contribution in [0.25, 0.3) is 0 Å². The molecule has 1 aromatic rings. The number of hydrogen-bond acceptors (Lipinski definition) is 2. The molecule has 0 bridgehead atoms. The van der Waals surface area contributed by atoms with E-state index in [2.05, 4.69) is 12.2 Å². The first-order chi connectivity index (χ1) is 9.65. The summed E-state index contributed by atoms with van der Waals surface area (Å²) in [6.45, 7) is 6.19. The highest BCUT2D eigenvalue weighted by atomic mass is 16.1. The van der Waals surface area contributed by atoms with E-state index < -0.39 is 0 Å². The van der Waals surface area contributed by atoms with E-state index in [0.717, 1.165) is 18.7 Å². The van der Waals surface area contributed by atoms with Gasteiger partial charge in [-0.2, -0.15) is 0 Å². The van der Waals surface area contributed by atoms with E-state index in [0.29, 0.717) is 5.56 Å². The van der Waals surface area contributed by atoms with Crippen LogP contribution in [0.5, 0.6) is 0 Å². The zero-order valence-electron chi connectivity index (χ0n) is 12.9. The molecular weight excluding hydrogens is 248 g/mol. The molecule has 0 aliphatic carbocycles. The maximum absolute atomic E-state index is 11.1. The Morgan fingerprint density at radius 2 is 1.85 bits per heavy atom. The second-order valence-corrected chi connectivity index (χ2v) is 5.45. The third kappa shape index (κ3) is 6.20. The summed E-state index contributed by atoms with van der Waals surface area (Å²) in [6, 6.07) is 5.66. The van der Waals surface area contributed by atoms with E-state index in [9.17, 15) is 4.79 Å². The number of primary amides is 1. The predicted octanol–water partition coefficient (Wildman–Crippen LogP) is 3.54. The maximum atomic E-state index is 11.1. The van der Waals surface area contributed by atoms with Crippen molar-refractivity contribution in [3.05, 3.63) is 34.9 Å². The van der Waals surface area contributed by atoms with Gasteiger partial charge in [0.05, 0.1) is 0 Å². The van der Waals surface area contributed by atoms with Crippen LogP contribution >= 0.6 is 0 Å². The fraction of sp³-hybridized carbons (Fsp3) is 0.588. The fourth-order valence-electron chi connectivity index (χ4n) is 2.30. The molecule has 0 spiro atoms. The number of aryl methyl sites for hydroxylation is 1. The van der Waals surface area contributed by atoms with Crippen LogP contribution in [0.4, 0.5) is 0 Å². The summed E-state index contributed by atoms with van der Waals surface area (Å²) < 4.78 is 0. The first-order valence-corrected chi connectivity index (χ1v) is 7.75. The van der Waals surface area contributed by atoms with Gasteiger partial charge in [0, 0.05) is 12.1 Å². The van der Waals surface area contributed by atoms with E-state index >= 15 is 0 Å². The molecule has 0 heterocycles. The number of benzene rings is 1. The molecule has 1 aromatic carbocycles. The van der Waals surface area contributed by atoms with Gasteiger partial charge >= 0.3 is 0 Å². The van der Waals surface area contributed by atoms with Crippen molar-refractivity contribution in [1.29, 1.82) is 0 Å². The van der Waals surface area contributed by atoms with Crippen LogP contribution in [-0.2, 0) is 6.54 Å². The molecular formula is C17H28N2O. The van der Waals surface area contributed by atoms with E-state index in [1.807, 2.05) is 19.1 Å². The lowest BCUT2D eigenvalue weighted by Crippen LogP contribution is -2.16. The number of hydrogen-bond donors (Lipinski definition) is 2. The molecule has 0 aliphatic heterocycles. The molecule has 3 N–H and O–H groups in total. The highest BCUT2D eigenvalue weighted by molar-refractivity contribution is 5.93. The quantitative estimate of drug-likeness (QED) is 0.642. The number of carbonyl (C=O) groups excluding carboxylic acids is 1. The molecule has 0 radical (unpaired) electrons. The monoisotopic (exact) mass is 276 g/mol. The minimum absolute atomic E-state index is 0.361. The summed E-state index contributed by atoms with van der Waals surface area (Å²) in [5.41, 5.74) is 8.21. The average molecular weight is 276 g/mol. The Balaban J connectivity index is 2.20. The second kappa shape index (κ2) is 9.54. The van der Waals surface area contributed by atoms with Crippen LogP contribution in [0, 0.1) is 6.92 Å². The maximum Gasteiger partial charge on any atom is 0.248 e. The topological polar surface area (TPSA) is 55.1 Å². The van der Waals surface area contributed by atoms with Crippen molar-refractivity contribution in [1.82, 2.24) is 5.32 Å². The standard InChI is InChI=1S/C17H28N2O/c1-3-4-5-6-7-8-11-19-13-16-10-9-15(17(18)20)12-14(16)2/h9-10,12,19H,3-8,11,13H2,1-2H3,(H2,18,20). The van der Waals surface area contributed by atoms with Crippen LogP contribution in [0.3, 0.4) is 0 Å². The van der Waals surface area contributed by atoms with Gasteiger partial charge in [0.2, 0.25) is 5.91 Å². The number of amides is 1. The number of rotatable bonds is 10. The molecule has 0 saturated heterocycles. The lowest BCUT2D eigenvalue weighted by atomic mass is 10.0. The van der Waals surface area contributed by atoms with Crippen molar-refractivity contribution in [2.75, 3.05) is 6.54 Å². The van der Waals surface area contributed by atoms with Crippen molar-refractivity contribution >= 4 is 5.91 Å². The molecule has 3 nitrogen and oxygen atoms in total. The Labute approximate surface area is 122 Å². The van der Waals surface area contributed by atoms with Crippen LogP contribution in [-0.4, -0.2) is 12.5 Å². The van der Waals surface area contributed by atoms with Crippen molar-refractivity contribution < 1.29 is 4.79 Å². The Bertz CT molecular complexity index is 415. The van der Waals surface area contributed by atoms with Gasteiger partial charge in [0.1, 0.15) is 0 Å². The van der Waals surface area contributed by atoms with Crippen LogP contribution in [0.15, 0.2) is 18.2 Å². The Kier molecular flexibility index (Phi) is 7.97. The molecule has 0 atom stereocenters. The molecule has 0 unspecified atom stereocenters. The van der Waals surface area contributed by atoms with Crippen LogP contribution in [0.1, 0.15) is 66.9 Å². The van der Waals surface area contributed by atoms with E-state index in [4.69, 9.17) is 5.73 Å². The normalized spacial score (nSPS) is 10.7. The van der Waals surface area contributed by atoms with Crippen molar-refractivity contribution in [2.45, 2.75) is 58.9 Å². The van der Waals surface area contributed by atoms with Gasteiger partial charge < -0.3 is 11.1 Å². The second-order valence-electron chi connectivity index (χ2n) is 5.45. The Hall–Kier alpha value is -1.35. The first-order valence-electron chi connectivity index (χ1n) is 7.75. The summed E-state index contributed by atoms with van der Waals surface area (Å²) in [5.74, 6) is -0.361. The molecule has 0 aromatic heterocycles. The number of nitrogens with two attached hydrogens (primary N) is 1. The van der Waals surface area contributed by atoms with Crippen LogP contribution in [0.2, 0.25) is 0 Å². The first kappa shape index (κ1) is 16.7. The Morgan fingerprint density at radius 1 is 1.15 bits per heavy atom. The summed E-state index contributed by atoms with van der Waals surface area (Å²) in [7, 11) is 0. The zero-order valence-corrected chi connectivity index (χ0v) is 12.9. The SMILES string of the molecule is CCCCCCCCNCc1ccc(C(N)=O)cc1C. The molecule has 1 rings (SSSR count).